The molecule has 0 aromatic heterocycles. The molecule has 1 rings (SSSR count). The summed E-state index contributed by atoms with van der Waals surface area (Å²) in [6.45, 7) is 1.15. The fourth-order valence-electron chi connectivity index (χ4n) is 1.67. The van der Waals surface area contributed by atoms with Gasteiger partial charge in [-0.05, 0) is 19.1 Å². The number of rotatable bonds is 3. The van der Waals surface area contributed by atoms with Crippen LogP contribution >= 0.6 is 0 Å². The van der Waals surface area contributed by atoms with Gasteiger partial charge in [0.05, 0.1) is 23.3 Å². The molecule has 0 fully saturated rings. The number of benzene rings is 1. The molecule has 0 radical (unpaired) electrons. The lowest BCUT2D eigenvalue weighted by Crippen LogP contribution is -2.22. The third-order valence-corrected chi connectivity index (χ3v) is 2.45. The zero-order valence-electron chi connectivity index (χ0n) is 10.4. The summed E-state index contributed by atoms with van der Waals surface area (Å²) in [5, 5.41) is 0. The Morgan fingerprint density at radius 2 is 1.71 bits per heavy atom. The Balaban J connectivity index is 3.70. The van der Waals surface area contributed by atoms with Crippen LogP contribution in [-0.2, 0) is 17.1 Å². The lowest BCUT2D eigenvalue weighted by Gasteiger charge is -2.18. The number of carbonyl (C=O) groups is 2. The lowest BCUT2D eigenvalue weighted by atomic mass is 9.95. The van der Waals surface area contributed by atoms with Crippen LogP contribution in [0.15, 0.2) is 12.1 Å². The fourth-order valence-corrected chi connectivity index (χ4v) is 1.67. The van der Waals surface area contributed by atoms with Crippen molar-refractivity contribution in [2.45, 2.75) is 19.3 Å². The maximum absolute atomic E-state index is 12.8. The average molecular weight is 314 g/mol. The highest BCUT2D eigenvalue weighted by Crippen LogP contribution is 2.42. The molecule has 9 heteroatoms. The predicted octanol–water partition coefficient (Wildman–Crippen LogP) is 3.71. The van der Waals surface area contributed by atoms with Gasteiger partial charge in [-0.2, -0.15) is 26.3 Å². The van der Waals surface area contributed by atoms with Gasteiger partial charge >= 0.3 is 18.3 Å². The molecule has 0 heterocycles. The van der Waals surface area contributed by atoms with E-state index in [2.05, 4.69) is 4.74 Å². The standard InChI is InChI=1S/C12H8F6O3/c1-2-21-10(20)6-3-4-8(11(13,14)15)9(7(6)5-19)12(16,17)18/h3-5H,2H2,1H3. The molecule has 116 valence electrons. The zero-order valence-corrected chi connectivity index (χ0v) is 10.4. The largest absolute Gasteiger partial charge is 0.462 e. The minimum absolute atomic E-state index is 0.0993. The second kappa shape index (κ2) is 5.74. The monoisotopic (exact) mass is 314 g/mol. The van der Waals surface area contributed by atoms with Gasteiger partial charge in [0.15, 0.2) is 6.29 Å². The first kappa shape index (κ1) is 17.0. The molecular weight excluding hydrogens is 306 g/mol. The highest BCUT2D eigenvalue weighted by atomic mass is 19.4. The van der Waals surface area contributed by atoms with Crippen LogP contribution in [0.1, 0.15) is 38.8 Å². The Hall–Kier alpha value is -2.06. The van der Waals surface area contributed by atoms with Crippen LogP contribution in [0.25, 0.3) is 0 Å². The van der Waals surface area contributed by atoms with E-state index in [0.29, 0.717) is 6.07 Å². The SMILES string of the molecule is CCOC(=O)c1ccc(C(F)(F)F)c(C(F)(F)F)c1C=O. The Labute approximate surface area is 114 Å². The second-order valence-corrected chi connectivity index (χ2v) is 3.78. The molecule has 1 aromatic carbocycles. The number of hydrogen-bond donors (Lipinski definition) is 0. The average Bonchev–Trinajstić information content (AvgIpc) is 2.34. The van der Waals surface area contributed by atoms with Gasteiger partial charge in [0, 0.05) is 5.56 Å². The summed E-state index contributed by atoms with van der Waals surface area (Å²) in [6, 6.07) is 0.585. The Bertz CT molecular complexity index is 559. The molecule has 0 amide bonds. The molecule has 0 aliphatic carbocycles. The first-order chi connectivity index (χ1) is 9.54. The molecule has 21 heavy (non-hydrogen) atoms. The summed E-state index contributed by atoms with van der Waals surface area (Å²) in [6.07, 6.45) is -11.2. The summed E-state index contributed by atoms with van der Waals surface area (Å²) in [4.78, 5) is 22.2. The van der Waals surface area contributed by atoms with Crippen LogP contribution in [0.5, 0.6) is 0 Å². The van der Waals surface area contributed by atoms with E-state index in [1.165, 1.54) is 6.92 Å². The molecular formula is C12H8F6O3. The van der Waals surface area contributed by atoms with E-state index in [1.54, 1.807) is 0 Å². The van der Waals surface area contributed by atoms with E-state index >= 15 is 0 Å². The first-order valence-electron chi connectivity index (χ1n) is 5.47. The number of hydrogen-bond acceptors (Lipinski definition) is 3. The molecule has 0 atom stereocenters. The number of carbonyl (C=O) groups excluding carboxylic acids is 2. The van der Waals surface area contributed by atoms with Crippen molar-refractivity contribution >= 4 is 12.3 Å². The van der Waals surface area contributed by atoms with Gasteiger partial charge in [-0.25, -0.2) is 4.79 Å². The molecule has 0 saturated carbocycles. The summed E-state index contributed by atoms with van der Waals surface area (Å²) >= 11 is 0. The Morgan fingerprint density at radius 1 is 1.14 bits per heavy atom. The van der Waals surface area contributed by atoms with Gasteiger partial charge in [0.1, 0.15) is 0 Å². The van der Waals surface area contributed by atoms with Crippen LogP contribution < -0.4 is 0 Å². The van der Waals surface area contributed by atoms with E-state index in [0.717, 1.165) is 0 Å². The van der Waals surface area contributed by atoms with Crippen molar-refractivity contribution in [2.24, 2.45) is 0 Å². The van der Waals surface area contributed by atoms with Crippen LogP contribution in [0.2, 0.25) is 0 Å². The summed E-state index contributed by atoms with van der Waals surface area (Å²) in [7, 11) is 0. The van der Waals surface area contributed by atoms with Gasteiger partial charge in [-0.1, -0.05) is 0 Å². The highest BCUT2D eigenvalue weighted by molar-refractivity contribution is 5.99. The minimum atomic E-state index is -5.45. The van der Waals surface area contributed by atoms with Crippen LogP contribution in [0.4, 0.5) is 26.3 Å². The second-order valence-electron chi connectivity index (χ2n) is 3.78. The van der Waals surface area contributed by atoms with Crippen molar-refractivity contribution < 1.29 is 40.7 Å². The van der Waals surface area contributed by atoms with Crippen LogP contribution in [0, 0.1) is 0 Å². The molecule has 0 saturated heterocycles. The van der Waals surface area contributed by atoms with E-state index < -0.39 is 46.9 Å². The van der Waals surface area contributed by atoms with Crippen molar-refractivity contribution in [3.63, 3.8) is 0 Å². The summed E-state index contributed by atoms with van der Waals surface area (Å²) in [5.74, 6) is -1.31. The predicted molar refractivity (Wildman–Crippen MR) is 57.8 cm³/mol. The summed E-state index contributed by atoms with van der Waals surface area (Å²) < 4.78 is 80.9. The molecule has 0 spiro atoms. The van der Waals surface area contributed by atoms with Gasteiger partial charge in [-0.3, -0.25) is 4.79 Å². The third-order valence-electron chi connectivity index (χ3n) is 2.45. The highest BCUT2D eigenvalue weighted by Gasteiger charge is 2.46. The first-order valence-corrected chi connectivity index (χ1v) is 5.47. The third kappa shape index (κ3) is 3.53. The van der Waals surface area contributed by atoms with Crippen molar-refractivity contribution in [2.75, 3.05) is 6.61 Å². The lowest BCUT2D eigenvalue weighted by molar-refractivity contribution is -0.162. The maximum Gasteiger partial charge on any atom is 0.417 e. The van der Waals surface area contributed by atoms with E-state index in [1.807, 2.05) is 0 Å². The minimum Gasteiger partial charge on any atom is -0.462 e. The quantitative estimate of drug-likeness (QED) is 0.485. The van der Waals surface area contributed by atoms with Crippen molar-refractivity contribution in [1.29, 1.82) is 0 Å². The normalized spacial score (nSPS) is 12.1. The Kier molecular flexibility index (Phi) is 4.65. The van der Waals surface area contributed by atoms with Crippen LogP contribution in [-0.4, -0.2) is 18.9 Å². The number of halogens is 6. The zero-order chi connectivity index (χ0) is 16.4. The topological polar surface area (TPSA) is 43.4 Å². The smallest absolute Gasteiger partial charge is 0.417 e. The van der Waals surface area contributed by atoms with E-state index in [-0.39, 0.29) is 12.7 Å². The van der Waals surface area contributed by atoms with Gasteiger partial charge < -0.3 is 4.74 Å². The Morgan fingerprint density at radius 3 is 2.10 bits per heavy atom. The molecule has 0 N–H and O–H groups in total. The van der Waals surface area contributed by atoms with Crippen molar-refractivity contribution in [3.05, 3.63) is 34.4 Å². The van der Waals surface area contributed by atoms with Crippen molar-refractivity contribution in [3.8, 4) is 0 Å². The number of esters is 1. The molecule has 0 unspecified atom stereocenters. The summed E-state index contributed by atoms with van der Waals surface area (Å²) in [5.41, 5.74) is -6.50. The molecule has 1 aromatic rings. The van der Waals surface area contributed by atoms with Gasteiger partial charge in [0.2, 0.25) is 0 Å². The molecule has 3 nitrogen and oxygen atoms in total. The molecule has 0 aliphatic heterocycles. The number of alkyl halides is 6. The maximum atomic E-state index is 12.8. The van der Waals surface area contributed by atoms with Gasteiger partial charge in [-0.15, -0.1) is 0 Å². The van der Waals surface area contributed by atoms with E-state index in [9.17, 15) is 35.9 Å². The van der Waals surface area contributed by atoms with Crippen LogP contribution in [0.3, 0.4) is 0 Å². The van der Waals surface area contributed by atoms with E-state index in [4.69, 9.17) is 0 Å². The molecule has 0 bridgehead atoms. The number of ether oxygens (including phenoxy) is 1. The molecule has 0 aliphatic rings. The van der Waals surface area contributed by atoms with Gasteiger partial charge in [0.25, 0.3) is 0 Å². The van der Waals surface area contributed by atoms with Crippen molar-refractivity contribution in [1.82, 2.24) is 0 Å². The number of aldehydes is 1. The fraction of sp³-hybridized carbons (Fsp3) is 0.333.